The van der Waals surface area contributed by atoms with Crippen LogP contribution in [0.25, 0.3) is 0 Å². The van der Waals surface area contributed by atoms with E-state index >= 15 is 0 Å². The van der Waals surface area contributed by atoms with E-state index < -0.39 is 17.3 Å². The number of hydrogen-bond donors (Lipinski definition) is 1. The molecule has 1 saturated carbocycles. The molecule has 0 bridgehead atoms. The van der Waals surface area contributed by atoms with Crippen LogP contribution in [0, 0.1) is 5.82 Å². The number of nitrogens with one attached hydrogen (secondary N) is 1. The normalized spacial score (nSPS) is 20.1. The highest BCUT2D eigenvalue weighted by Crippen LogP contribution is 2.51. The fraction of sp³-hybridized carbons (Fsp3) is 0.417. The standard InChI is InChI=1S/C24H27FN2O3/c1-30-16-15-26-22(28)21-17-9-3-4-10-18(17)23(29)27(20-12-6-5-11-19(20)25)24(21)13-7-2-8-14-24/h3-6,9-12,21H,2,7-8,13-16H2,1H3,(H,26,28)/t21-/m1/s1. The van der Waals surface area contributed by atoms with Gasteiger partial charge in [-0.05, 0) is 36.6 Å². The molecule has 1 spiro atoms. The van der Waals surface area contributed by atoms with Crippen molar-refractivity contribution in [3.05, 3.63) is 65.5 Å². The van der Waals surface area contributed by atoms with Gasteiger partial charge in [0.15, 0.2) is 0 Å². The van der Waals surface area contributed by atoms with Gasteiger partial charge in [-0.25, -0.2) is 4.39 Å². The number of anilines is 1. The van der Waals surface area contributed by atoms with Crippen molar-refractivity contribution in [2.45, 2.75) is 43.6 Å². The van der Waals surface area contributed by atoms with Crippen LogP contribution >= 0.6 is 0 Å². The summed E-state index contributed by atoms with van der Waals surface area (Å²) in [6, 6.07) is 13.6. The van der Waals surface area contributed by atoms with Crippen molar-refractivity contribution in [1.29, 1.82) is 0 Å². The molecular weight excluding hydrogens is 383 g/mol. The SMILES string of the molecule is COCCNC(=O)[C@H]1c2ccccc2C(=O)N(c2ccccc2F)C12CCCCC2. The zero-order chi connectivity index (χ0) is 21.1. The average Bonchev–Trinajstić information content (AvgIpc) is 2.76. The number of amides is 2. The largest absolute Gasteiger partial charge is 0.383 e. The second-order valence-electron chi connectivity index (χ2n) is 8.06. The van der Waals surface area contributed by atoms with E-state index in [9.17, 15) is 14.0 Å². The summed E-state index contributed by atoms with van der Waals surface area (Å²) in [6.45, 7) is 0.792. The molecule has 2 amide bonds. The molecule has 6 heteroatoms. The predicted molar refractivity (Wildman–Crippen MR) is 113 cm³/mol. The summed E-state index contributed by atoms with van der Waals surface area (Å²) in [6.07, 6.45) is 4.14. The minimum absolute atomic E-state index is 0.143. The van der Waals surface area contributed by atoms with E-state index in [1.54, 1.807) is 42.3 Å². The molecule has 2 aromatic carbocycles. The van der Waals surface area contributed by atoms with Gasteiger partial charge in [0.1, 0.15) is 5.82 Å². The number of nitrogens with zero attached hydrogens (tertiary/aromatic N) is 1. The summed E-state index contributed by atoms with van der Waals surface area (Å²) >= 11 is 0. The minimum atomic E-state index is -0.789. The summed E-state index contributed by atoms with van der Waals surface area (Å²) in [5, 5.41) is 2.97. The highest BCUT2D eigenvalue weighted by molar-refractivity contribution is 6.12. The number of hydrogen-bond acceptors (Lipinski definition) is 3. The quantitative estimate of drug-likeness (QED) is 0.757. The maximum atomic E-state index is 14.9. The average molecular weight is 410 g/mol. The van der Waals surface area contributed by atoms with Crippen molar-refractivity contribution in [2.75, 3.05) is 25.2 Å². The summed E-state index contributed by atoms with van der Waals surface area (Å²) in [5.74, 6) is -1.40. The lowest BCUT2D eigenvalue weighted by molar-refractivity contribution is -0.124. The molecule has 1 N–H and O–H groups in total. The molecule has 1 fully saturated rings. The number of fused-ring (bicyclic) bond motifs is 1. The van der Waals surface area contributed by atoms with Crippen LogP contribution in [-0.2, 0) is 9.53 Å². The molecule has 2 aliphatic rings. The van der Waals surface area contributed by atoms with Gasteiger partial charge >= 0.3 is 0 Å². The number of carbonyl (C=O) groups is 2. The van der Waals surface area contributed by atoms with E-state index in [2.05, 4.69) is 5.32 Å². The summed E-state index contributed by atoms with van der Waals surface area (Å²) in [7, 11) is 1.59. The number of para-hydroxylation sites is 1. The number of methoxy groups -OCH3 is 1. The van der Waals surface area contributed by atoms with Crippen LogP contribution in [0.1, 0.15) is 53.9 Å². The molecule has 0 saturated heterocycles. The molecule has 0 aromatic heterocycles. The Labute approximate surface area is 176 Å². The Morgan fingerprint density at radius 2 is 1.83 bits per heavy atom. The van der Waals surface area contributed by atoms with Crippen molar-refractivity contribution in [1.82, 2.24) is 5.32 Å². The van der Waals surface area contributed by atoms with Gasteiger partial charge in [-0.2, -0.15) is 0 Å². The number of halogens is 1. The Kier molecular flexibility index (Phi) is 5.86. The van der Waals surface area contributed by atoms with Crippen LogP contribution in [0.5, 0.6) is 0 Å². The second kappa shape index (κ2) is 8.56. The Morgan fingerprint density at radius 1 is 1.13 bits per heavy atom. The Balaban J connectivity index is 1.89. The summed E-state index contributed by atoms with van der Waals surface area (Å²) < 4.78 is 20.0. The van der Waals surface area contributed by atoms with E-state index in [-0.39, 0.29) is 17.5 Å². The van der Waals surface area contributed by atoms with Crippen molar-refractivity contribution in [3.8, 4) is 0 Å². The number of benzene rings is 2. The fourth-order valence-corrected chi connectivity index (χ4v) is 5.11. The molecule has 5 nitrogen and oxygen atoms in total. The van der Waals surface area contributed by atoms with Gasteiger partial charge in [0.2, 0.25) is 5.91 Å². The van der Waals surface area contributed by atoms with E-state index in [1.165, 1.54) is 6.07 Å². The third-order valence-corrected chi connectivity index (χ3v) is 6.37. The van der Waals surface area contributed by atoms with Crippen molar-refractivity contribution in [3.63, 3.8) is 0 Å². The van der Waals surface area contributed by atoms with E-state index in [4.69, 9.17) is 4.74 Å². The van der Waals surface area contributed by atoms with Crippen LogP contribution in [0.15, 0.2) is 48.5 Å². The molecule has 0 unspecified atom stereocenters. The van der Waals surface area contributed by atoms with Crippen molar-refractivity contribution < 1.29 is 18.7 Å². The smallest absolute Gasteiger partial charge is 0.259 e. The van der Waals surface area contributed by atoms with Gasteiger partial charge in [0.25, 0.3) is 5.91 Å². The zero-order valence-corrected chi connectivity index (χ0v) is 17.2. The lowest BCUT2D eigenvalue weighted by atomic mass is 9.65. The fourth-order valence-electron chi connectivity index (χ4n) is 5.11. The first-order valence-electron chi connectivity index (χ1n) is 10.5. The molecular formula is C24H27FN2O3. The summed E-state index contributed by atoms with van der Waals surface area (Å²) in [5.41, 5.74) is 0.646. The molecule has 1 atom stereocenters. The van der Waals surface area contributed by atoms with Crippen LogP contribution in [-0.4, -0.2) is 37.6 Å². The monoisotopic (exact) mass is 410 g/mol. The third kappa shape index (κ3) is 3.39. The molecule has 1 heterocycles. The topological polar surface area (TPSA) is 58.6 Å². The highest BCUT2D eigenvalue weighted by atomic mass is 19.1. The van der Waals surface area contributed by atoms with Crippen LogP contribution in [0.3, 0.4) is 0 Å². The number of ether oxygens (including phenoxy) is 1. The Hall–Kier alpha value is -2.73. The number of rotatable bonds is 5. The molecule has 0 radical (unpaired) electrons. The highest BCUT2D eigenvalue weighted by Gasteiger charge is 2.55. The lowest BCUT2D eigenvalue weighted by Crippen LogP contribution is -2.63. The van der Waals surface area contributed by atoms with Crippen LogP contribution in [0.2, 0.25) is 0 Å². The van der Waals surface area contributed by atoms with Gasteiger partial charge in [-0.1, -0.05) is 49.6 Å². The van der Waals surface area contributed by atoms with Gasteiger partial charge in [-0.15, -0.1) is 0 Å². The van der Waals surface area contributed by atoms with Crippen LogP contribution in [0.4, 0.5) is 10.1 Å². The third-order valence-electron chi connectivity index (χ3n) is 6.37. The molecule has 158 valence electrons. The predicted octanol–water partition coefficient (Wildman–Crippen LogP) is 4.04. The molecule has 2 aromatic rings. The zero-order valence-electron chi connectivity index (χ0n) is 17.2. The first-order chi connectivity index (χ1) is 14.6. The Bertz CT molecular complexity index is 940. The Morgan fingerprint density at radius 3 is 2.57 bits per heavy atom. The first kappa shape index (κ1) is 20.5. The second-order valence-corrected chi connectivity index (χ2v) is 8.06. The lowest BCUT2D eigenvalue weighted by Gasteiger charge is -2.53. The number of carbonyl (C=O) groups excluding carboxylic acids is 2. The minimum Gasteiger partial charge on any atom is -0.383 e. The molecule has 1 aliphatic carbocycles. The van der Waals surface area contributed by atoms with Crippen molar-refractivity contribution >= 4 is 17.5 Å². The van der Waals surface area contributed by atoms with E-state index in [1.807, 2.05) is 12.1 Å². The molecule has 1 aliphatic heterocycles. The maximum Gasteiger partial charge on any atom is 0.259 e. The van der Waals surface area contributed by atoms with Gasteiger partial charge in [0, 0.05) is 19.2 Å². The van der Waals surface area contributed by atoms with Gasteiger partial charge in [0.05, 0.1) is 23.8 Å². The maximum absolute atomic E-state index is 14.9. The van der Waals surface area contributed by atoms with Crippen LogP contribution < -0.4 is 10.2 Å². The van der Waals surface area contributed by atoms with E-state index in [0.717, 1.165) is 24.8 Å². The van der Waals surface area contributed by atoms with Crippen molar-refractivity contribution in [2.24, 2.45) is 0 Å². The van der Waals surface area contributed by atoms with Gasteiger partial charge in [-0.3, -0.25) is 14.5 Å². The summed E-state index contributed by atoms with van der Waals surface area (Å²) in [4.78, 5) is 28.7. The molecule has 30 heavy (non-hydrogen) atoms. The molecule has 4 rings (SSSR count). The van der Waals surface area contributed by atoms with E-state index in [0.29, 0.717) is 31.6 Å². The first-order valence-corrected chi connectivity index (χ1v) is 10.5. The van der Waals surface area contributed by atoms with Gasteiger partial charge < -0.3 is 10.1 Å².